The molecule has 0 atom stereocenters. The van der Waals surface area contributed by atoms with Gasteiger partial charge in [-0.1, -0.05) is 119 Å². The molecular formula is C39H42NOP. The molecule has 2 nitrogen and oxygen atoms in total. The Morgan fingerprint density at radius 2 is 1.19 bits per heavy atom. The third-order valence-electron chi connectivity index (χ3n) is 9.61. The maximum Gasteiger partial charge on any atom is 0.135 e. The van der Waals surface area contributed by atoms with Gasteiger partial charge in [0.15, 0.2) is 0 Å². The van der Waals surface area contributed by atoms with Crippen LogP contribution in [0, 0.1) is 0 Å². The third-order valence-corrected chi connectivity index (χ3v) is 13.1. The van der Waals surface area contributed by atoms with Crippen molar-refractivity contribution in [2.24, 2.45) is 0 Å². The molecule has 5 aromatic rings. The summed E-state index contributed by atoms with van der Waals surface area (Å²) in [5, 5.41) is 10.1. The molecule has 7 rings (SSSR count). The normalized spacial score (nSPS) is 16.7. The molecule has 0 aromatic heterocycles. The minimum absolute atomic E-state index is 0.310. The molecule has 0 aliphatic heterocycles. The highest BCUT2D eigenvalue weighted by atomic mass is 31.1. The van der Waals surface area contributed by atoms with Gasteiger partial charge in [0.2, 0.25) is 0 Å². The molecule has 5 aromatic carbocycles. The van der Waals surface area contributed by atoms with Gasteiger partial charge in [0.05, 0.1) is 0 Å². The van der Waals surface area contributed by atoms with Gasteiger partial charge in [-0.25, -0.2) is 0 Å². The van der Waals surface area contributed by atoms with E-state index >= 15 is 0 Å². The number of hydrogen-bond donors (Lipinski definition) is 1. The SMILES string of the molecule is CNc1cccc(Oc2ccc3ccccc3c2-c2c(P(C3CCCCC3)C3CCCCC3)ccc3ccccc23)c1. The van der Waals surface area contributed by atoms with Crippen molar-refractivity contribution in [1.29, 1.82) is 0 Å². The van der Waals surface area contributed by atoms with Crippen LogP contribution < -0.4 is 15.4 Å². The summed E-state index contributed by atoms with van der Waals surface area (Å²) in [7, 11) is 1.65. The minimum atomic E-state index is -0.310. The first-order valence-corrected chi connectivity index (χ1v) is 17.6. The van der Waals surface area contributed by atoms with Crippen molar-refractivity contribution < 1.29 is 4.74 Å². The summed E-state index contributed by atoms with van der Waals surface area (Å²) in [6.07, 6.45) is 14.0. The van der Waals surface area contributed by atoms with Gasteiger partial charge >= 0.3 is 0 Å². The van der Waals surface area contributed by atoms with Crippen LogP contribution in [-0.4, -0.2) is 18.4 Å². The van der Waals surface area contributed by atoms with Crippen LogP contribution in [0.2, 0.25) is 0 Å². The van der Waals surface area contributed by atoms with E-state index in [2.05, 4.69) is 102 Å². The maximum atomic E-state index is 6.86. The fourth-order valence-corrected chi connectivity index (χ4v) is 11.5. The van der Waals surface area contributed by atoms with Crippen LogP contribution in [0.3, 0.4) is 0 Å². The number of fused-ring (bicyclic) bond motifs is 2. The molecule has 0 unspecified atom stereocenters. The second-order valence-corrected chi connectivity index (χ2v) is 15.0. The average Bonchev–Trinajstić information content (AvgIpc) is 3.06. The number of benzene rings is 5. The van der Waals surface area contributed by atoms with E-state index in [4.69, 9.17) is 4.74 Å². The van der Waals surface area contributed by atoms with Gasteiger partial charge in [-0.2, -0.15) is 0 Å². The summed E-state index contributed by atoms with van der Waals surface area (Å²) < 4.78 is 6.86. The van der Waals surface area contributed by atoms with Crippen molar-refractivity contribution in [1.82, 2.24) is 0 Å². The molecule has 0 amide bonds. The van der Waals surface area contributed by atoms with Gasteiger partial charge in [0.1, 0.15) is 11.5 Å². The average molecular weight is 572 g/mol. The topological polar surface area (TPSA) is 21.3 Å². The Morgan fingerprint density at radius 3 is 1.83 bits per heavy atom. The number of hydrogen-bond acceptors (Lipinski definition) is 2. The molecule has 0 spiro atoms. The molecule has 214 valence electrons. The molecule has 1 N–H and O–H groups in total. The molecule has 2 fully saturated rings. The zero-order valence-electron chi connectivity index (χ0n) is 24.8. The molecule has 0 heterocycles. The quantitative estimate of drug-likeness (QED) is 0.196. The molecule has 0 bridgehead atoms. The Bertz CT molecular complexity index is 1660. The van der Waals surface area contributed by atoms with Crippen LogP contribution >= 0.6 is 7.92 Å². The summed E-state index contributed by atoms with van der Waals surface area (Å²) in [6, 6.07) is 35.7. The van der Waals surface area contributed by atoms with Crippen molar-refractivity contribution in [3.63, 3.8) is 0 Å². The first kappa shape index (κ1) is 27.5. The number of ether oxygens (including phenoxy) is 1. The number of nitrogens with one attached hydrogen (secondary N) is 1. The van der Waals surface area contributed by atoms with E-state index in [0.717, 1.165) is 28.5 Å². The molecule has 2 saturated carbocycles. The summed E-state index contributed by atoms with van der Waals surface area (Å²) in [6.45, 7) is 0. The lowest BCUT2D eigenvalue weighted by atomic mass is 9.93. The summed E-state index contributed by atoms with van der Waals surface area (Å²) in [5.74, 6) is 1.81. The van der Waals surface area contributed by atoms with Crippen LogP contribution in [0.4, 0.5) is 5.69 Å². The van der Waals surface area contributed by atoms with Crippen LogP contribution in [0.5, 0.6) is 11.5 Å². The van der Waals surface area contributed by atoms with Gasteiger partial charge in [0.25, 0.3) is 0 Å². The highest BCUT2D eigenvalue weighted by Crippen LogP contribution is 2.57. The van der Waals surface area contributed by atoms with Crippen LogP contribution in [0.15, 0.2) is 97.1 Å². The zero-order valence-corrected chi connectivity index (χ0v) is 25.7. The summed E-state index contributed by atoms with van der Waals surface area (Å²) in [4.78, 5) is 0. The molecular weight excluding hydrogens is 529 g/mol. The van der Waals surface area contributed by atoms with Crippen LogP contribution in [0.25, 0.3) is 32.7 Å². The second-order valence-electron chi connectivity index (χ2n) is 12.2. The van der Waals surface area contributed by atoms with Crippen molar-refractivity contribution in [2.75, 3.05) is 12.4 Å². The standard InChI is InChI=1S/C39H42NOP/c1-40-30-15-12-16-31(27-30)41-36-25-23-28-13-8-10-21-34(28)38(36)39-35-22-11-9-14-29(35)24-26-37(39)42(32-17-4-2-5-18-32)33-19-6-3-7-20-33/h8-16,21-27,32-33,40H,2-7,17-20H2,1H3. The summed E-state index contributed by atoms with van der Waals surface area (Å²) >= 11 is 0. The summed E-state index contributed by atoms with van der Waals surface area (Å²) in [5.41, 5.74) is 5.38. The maximum absolute atomic E-state index is 6.86. The predicted octanol–water partition coefficient (Wildman–Crippen LogP) is 11.3. The van der Waals surface area contributed by atoms with E-state index in [1.807, 2.05) is 7.05 Å². The van der Waals surface area contributed by atoms with E-state index < -0.39 is 0 Å². The van der Waals surface area contributed by atoms with Gasteiger partial charge in [-0.15, -0.1) is 0 Å². The lowest BCUT2D eigenvalue weighted by Crippen LogP contribution is -2.27. The van der Waals surface area contributed by atoms with E-state index in [0.29, 0.717) is 0 Å². The largest absolute Gasteiger partial charge is 0.457 e. The fourth-order valence-electron chi connectivity index (χ4n) is 7.58. The Hall–Kier alpha value is -3.35. The Balaban J connectivity index is 1.50. The van der Waals surface area contributed by atoms with Gasteiger partial charge in [-0.05, 0) is 82.0 Å². The van der Waals surface area contributed by atoms with Crippen molar-refractivity contribution >= 4 is 40.5 Å². The van der Waals surface area contributed by atoms with E-state index in [1.54, 1.807) is 5.30 Å². The van der Waals surface area contributed by atoms with Gasteiger partial charge in [-0.3, -0.25) is 0 Å². The molecule has 2 aliphatic rings. The zero-order chi connectivity index (χ0) is 28.3. The molecule has 2 aliphatic carbocycles. The number of anilines is 1. The fraction of sp³-hybridized carbons (Fsp3) is 0.333. The van der Waals surface area contributed by atoms with Gasteiger partial charge in [0, 0.05) is 29.9 Å². The van der Waals surface area contributed by atoms with E-state index in [-0.39, 0.29) is 7.92 Å². The van der Waals surface area contributed by atoms with E-state index in [9.17, 15) is 0 Å². The Morgan fingerprint density at radius 1 is 0.595 bits per heavy atom. The molecule has 42 heavy (non-hydrogen) atoms. The van der Waals surface area contributed by atoms with E-state index in [1.165, 1.54) is 96.9 Å². The van der Waals surface area contributed by atoms with Crippen LogP contribution in [0.1, 0.15) is 64.2 Å². The highest BCUT2D eigenvalue weighted by Gasteiger charge is 2.35. The molecule has 3 heteroatoms. The van der Waals surface area contributed by atoms with Crippen molar-refractivity contribution in [3.05, 3.63) is 97.1 Å². The first-order chi connectivity index (χ1) is 20.8. The van der Waals surface area contributed by atoms with Crippen LogP contribution in [-0.2, 0) is 0 Å². The molecule has 0 radical (unpaired) electrons. The highest BCUT2D eigenvalue weighted by molar-refractivity contribution is 7.67. The van der Waals surface area contributed by atoms with Gasteiger partial charge < -0.3 is 10.1 Å². The Labute approximate surface area is 252 Å². The van der Waals surface area contributed by atoms with Crippen molar-refractivity contribution in [2.45, 2.75) is 75.5 Å². The second kappa shape index (κ2) is 12.5. The predicted molar refractivity (Wildman–Crippen MR) is 183 cm³/mol. The monoisotopic (exact) mass is 571 g/mol. The lowest BCUT2D eigenvalue weighted by molar-refractivity contribution is 0.485. The molecule has 0 saturated heterocycles. The Kier molecular flexibility index (Phi) is 8.17. The smallest absolute Gasteiger partial charge is 0.135 e. The first-order valence-electron chi connectivity index (χ1n) is 16.1. The number of rotatable bonds is 7. The minimum Gasteiger partial charge on any atom is -0.457 e. The van der Waals surface area contributed by atoms with Crippen molar-refractivity contribution in [3.8, 4) is 22.6 Å². The lowest BCUT2D eigenvalue weighted by Gasteiger charge is -2.40. The third kappa shape index (κ3) is 5.43.